The number of hydrogen-bond donors (Lipinski definition) is 1. The molecular weight excluding hydrogens is 230 g/mol. The minimum atomic E-state index is -0.886. The molecule has 1 saturated heterocycles. The predicted molar refractivity (Wildman–Crippen MR) is 68.5 cm³/mol. The van der Waals surface area contributed by atoms with E-state index in [9.17, 15) is 4.79 Å². The number of piperidine rings is 1. The Labute approximate surface area is 107 Å². The molecule has 1 aliphatic heterocycles. The second-order valence-electron chi connectivity index (χ2n) is 4.96. The molecule has 1 aliphatic rings. The first-order chi connectivity index (χ1) is 8.63. The van der Waals surface area contributed by atoms with Gasteiger partial charge >= 0.3 is 5.97 Å². The third kappa shape index (κ3) is 2.56. The molecule has 1 N–H and O–H groups in total. The number of aryl methyl sites for hydroxylation is 1. The Bertz CT molecular complexity index is 428. The van der Waals surface area contributed by atoms with Crippen LogP contribution in [0.3, 0.4) is 0 Å². The molecule has 0 amide bonds. The van der Waals surface area contributed by atoms with Crippen molar-refractivity contribution in [1.29, 1.82) is 0 Å². The molecule has 0 unspecified atom stereocenters. The lowest BCUT2D eigenvalue weighted by Crippen LogP contribution is -2.39. The number of aromatic carboxylic acids is 1. The molecule has 0 aliphatic carbocycles. The maximum Gasteiger partial charge on any atom is 0.339 e. The van der Waals surface area contributed by atoms with Gasteiger partial charge in [0.05, 0.1) is 11.9 Å². The molecule has 0 saturated carbocycles. The molecule has 18 heavy (non-hydrogen) atoms. The number of rotatable bonds is 4. The van der Waals surface area contributed by atoms with Gasteiger partial charge in [-0.2, -0.15) is 5.10 Å². The highest BCUT2D eigenvalue weighted by Crippen LogP contribution is 2.22. The minimum absolute atomic E-state index is 0.331. The van der Waals surface area contributed by atoms with Crippen LogP contribution in [0.4, 0.5) is 0 Å². The molecule has 0 radical (unpaired) electrons. The van der Waals surface area contributed by atoms with Crippen molar-refractivity contribution in [3.8, 4) is 0 Å². The Kier molecular flexibility index (Phi) is 4.01. The first kappa shape index (κ1) is 13.1. The van der Waals surface area contributed by atoms with Gasteiger partial charge < -0.3 is 5.11 Å². The average molecular weight is 251 g/mol. The summed E-state index contributed by atoms with van der Waals surface area (Å²) in [7, 11) is 1.81. The lowest BCUT2D eigenvalue weighted by molar-refractivity contribution is 0.0691. The fourth-order valence-electron chi connectivity index (χ4n) is 2.75. The summed E-state index contributed by atoms with van der Waals surface area (Å²) in [5.74, 6) is -0.886. The topological polar surface area (TPSA) is 58.4 Å². The quantitative estimate of drug-likeness (QED) is 0.887. The second-order valence-corrected chi connectivity index (χ2v) is 4.96. The van der Waals surface area contributed by atoms with E-state index in [-0.39, 0.29) is 0 Å². The summed E-state index contributed by atoms with van der Waals surface area (Å²) in [5.41, 5.74) is 1.14. The van der Waals surface area contributed by atoms with E-state index in [1.54, 1.807) is 4.68 Å². The molecule has 100 valence electrons. The van der Waals surface area contributed by atoms with E-state index in [2.05, 4.69) is 16.9 Å². The molecule has 5 nitrogen and oxygen atoms in total. The number of likely N-dealkylation sites (tertiary alicyclic amines) is 1. The largest absolute Gasteiger partial charge is 0.478 e. The van der Waals surface area contributed by atoms with Crippen molar-refractivity contribution in [2.75, 3.05) is 6.54 Å². The average Bonchev–Trinajstić information content (AvgIpc) is 2.72. The summed E-state index contributed by atoms with van der Waals surface area (Å²) < 4.78 is 1.69. The third-order valence-corrected chi connectivity index (χ3v) is 3.87. The van der Waals surface area contributed by atoms with Crippen LogP contribution in [0.1, 0.15) is 48.7 Å². The van der Waals surface area contributed by atoms with Gasteiger partial charge in [0.2, 0.25) is 0 Å². The Morgan fingerprint density at radius 2 is 2.33 bits per heavy atom. The van der Waals surface area contributed by atoms with Crippen molar-refractivity contribution in [3.63, 3.8) is 0 Å². The van der Waals surface area contributed by atoms with Crippen molar-refractivity contribution in [1.82, 2.24) is 14.7 Å². The summed E-state index contributed by atoms with van der Waals surface area (Å²) in [6, 6.07) is 0.579. The number of carboxylic acids is 1. The van der Waals surface area contributed by atoms with Crippen molar-refractivity contribution >= 4 is 5.97 Å². The first-order valence-electron chi connectivity index (χ1n) is 6.61. The molecular formula is C13H21N3O2. The van der Waals surface area contributed by atoms with Gasteiger partial charge in [0.15, 0.2) is 0 Å². The van der Waals surface area contributed by atoms with Crippen LogP contribution in [0.2, 0.25) is 0 Å². The highest BCUT2D eigenvalue weighted by Gasteiger charge is 2.24. The number of hydrogen-bond acceptors (Lipinski definition) is 3. The molecule has 0 bridgehead atoms. The summed E-state index contributed by atoms with van der Waals surface area (Å²) in [4.78, 5) is 13.6. The zero-order valence-corrected chi connectivity index (χ0v) is 11.1. The van der Waals surface area contributed by atoms with Crippen molar-refractivity contribution in [3.05, 3.63) is 17.5 Å². The van der Waals surface area contributed by atoms with Gasteiger partial charge in [-0.25, -0.2) is 4.79 Å². The molecule has 1 atom stereocenters. The van der Waals surface area contributed by atoms with Gasteiger partial charge in [-0.3, -0.25) is 9.58 Å². The van der Waals surface area contributed by atoms with Crippen molar-refractivity contribution in [2.45, 2.75) is 45.2 Å². The van der Waals surface area contributed by atoms with Crippen LogP contribution < -0.4 is 0 Å². The fraction of sp³-hybridized carbons (Fsp3) is 0.692. The lowest BCUT2D eigenvalue weighted by Gasteiger charge is -2.35. The van der Waals surface area contributed by atoms with Gasteiger partial charge in [0.1, 0.15) is 5.56 Å². The molecule has 0 spiro atoms. The third-order valence-electron chi connectivity index (χ3n) is 3.87. The van der Waals surface area contributed by atoms with E-state index < -0.39 is 5.97 Å². The Hall–Kier alpha value is -1.36. The molecule has 1 aromatic heterocycles. The minimum Gasteiger partial charge on any atom is -0.478 e. The maximum absolute atomic E-state index is 11.2. The SMILES string of the molecule is CC[C@H]1CCCCN1Cc1c(C(=O)O)cnn1C. The fourth-order valence-corrected chi connectivity index (χ4v) is 2.75. The smallest absolute Gasteiger partial charge is 0.339 e. The zero-order chi connectivity index (χ0) is 13.1. The van der Waals surface area contributed by atoms with Gasteiger partial charge in [0.25, 0.3) is 0 Å². The number of nitrogens with zero attached hydrogens (tertiary/aromatic N) is 3. The predicted octanol–water partition coefficient (Wildman–Crippen LogP) is 1.88. The van der Waals surface area contributed by atoms with E-state index in [1.165, 1.54) is 25.5 Å². The van der Waals surface area contributed by atoms with E-state index in [0.717, 1.165) is 18.7 Å². The molecule has 1 fully saturated rings. The monoisotopic (exact) mass is 251 g/mol. The maximum atomic E-state index is 11.2. The normalized spacial score (nSPS) is 21.1. The summed E-state index contributed by atoms with van der Waals surface area (Å²) in [6.07, 6.45) is 6.28. The van der Waals surface area contributed by atoms with E-state index in [4.69, 9.17) is 5.11 Å². The van der Waals surface area contributed by atoms with Crippen LogP contribution in [0.15, 0.2) is 6.20 Å². The number of aromatic nitrogens is 2. The van der Waals surface area contributed by atoms with E-state index in [1.807, 2.05) is 7.05 Å². The van der Waals surface area contributed by atoms with Crippen LogP contribution in [0.25, 0.3) is 0 Å². The Balaban J connectivity index is 2.17. The van der Waals surface area contributed by atoms with Crippen molar-refractivity contribution < 1.29 is 9.90 Å². The molecule has 1 aromatic rings. The van der Waals surface area contributed by atoms with Gasteiger partial charge in [-0.15, -0.1) is 0 Å². The molecule has 2 rings (SSSR count). The lowest BCUT2D eigenvalue weighted by atomic mass is 9.99. The van der Waals surface area contributed by atoms with E-state index >= 15 is 0 Å². The number of carboxylic acid groups (broad SMARTS) is 1. The van der Waals surface area contributed by atoms with Crippen LogP contribution in [-0.4, -0.2) is 38.3 Å². The molecule has 0 aromatic carbocycles. The van der Waals surface area contributed by atoms with Crippen LogP contribution >= 0.6 is 0 Å². The molecule has 2 heterocycles. The molecule has 5 heteroatoms. The standard InChI is InChI=1S/C13H21N3O2/c1-3-10-6-4-5-7-16(10)9-12-11(13(17)18)8-14-15(12)2/h8,10H,3-7,9H2,1-2H3,(H,17,18)/t10-/m0/s1. The Morgan fingerprint density at radius 3 is 3.00 bits per heavy atom. The summed E-state index contributed by atoms with van der Waals surface area (Å²) in [6.45, 7) is 3.95. The summed E-state index contributed by atoms with van der Waals surface area (Å²) >= 11 is 0. The van der Waals surface area contributed by atoms with Crippen LogP contribution in [0, 0.1) is 0 Å². The van der Waals surface area contributed by atoms with E-state index in [0.29, 0.717) is 18.2 Å². The van der Waals surface area contributed by atoms with Gasteiger partial charge in [0, 0.05) is 19.6 Å². The van der Waals surface area contributed by atoms with Crippen molar-refractivity contribution in [2.24, 2.45) is 7.05 Å². The van der Waals surface area contributed by atoms with Gasteiger partial charge in [-0.1, -0.05) is 13.3 Å². The Morgan fingerprint density at radius 1 is 1.56 bits per heavy atom. The highest BCUT2D eigenvalue weighted by atomic mass is 16.4. The number of carbonyl (C=O) groups is 1. The first-order valence-corrected chi connectivity index (χ1v) is 6.61. The van der Waals surface area contributed by atoms with Crippen LogP contribution in [0.5, 0.6) is 0 Å². The second kappa shape index (κ2) is 5.52. The highest BCUT2D eigenvalue weighted by molar-refractivity contribution is 5.88. The summed E-state index contributed by atoms with van der Waals surface area (Å²) in [5, 5.41) is 13.2. The van der Waals surface area contributed by atoms with Gasteiger partial charge in [-0.05, 0) is 25.8 Å². The zero-order valence-electron chi connectivity index (χ0n) is 11.1. The van der Waals surface area contributed by atoms with Crippen LogP contribution in [-0.2, 0) is 13.6 Å².